The van der Waals surface area contributed by atoms with Gasteiger partial charge in [0.15, 0.2) is 0 Å². The number of allylic oxidation sites excluding steroid dienone is 2. The van der Waals surface area contributed by atoms with Gasteiger partial charge in [0.05, 0.1) is 0 Å². The largest absolute Gasteiger partial charge is 0.396 e. The molecular formula is C9H14O. The molecule has 0 aromatic rings. The summed E-state index contributed by atoms with van der Waals surface area (Å²) in [4.78, 5) is 0. The third-order valence-corrected chi connectivity index (χ3v) is 2.07. The molecule has 0 heterocycles. The number of hydrogen-bond acceptors (Lipinski definition) is 1. The molecule has 1 N–H and O–H groups in total. The molecule has 0 saturated carbocycles. The van der Waals surface area contributed by atoms with Gasteiger partial charge in [-0.25, -0.2) is 0 Å². The first-order chi connectivity index (χ1) is 4.74. The summed E-state index contributed by atoms with van der Waals surface area (Å²) in [6, 6.07) is 0. The molecule has 0 bridgehead atoms. The number of aliphatic hydroxyl groups excluding tert-OH is 1. The van der Waals surface area contributed by atoms with Gasteiger partial charge >= 0.3 is 0 Å². The van der Waals surface area contributed by atoms with Crippen molar-refractivity contribution < 1.29 is 5.11 Å². The maximum atomic E-state index is 8.80. The third-order valence-electron chi connectivity index (χ3n) is 2.07. The van der Waals surface area contributed by atoms with Crippen LogP contribution in [0.2, 0.25) is 0 Å². The highest BCUT2D eigenvalue weighted by Gasteiger charge is 2.14. The predicted molar refractivity (Wildman–Crippen MR) is 42.6 cm³/mol. The van der Waals surface area contributed by atoms with Crippen molar-refractivity contribution in [3.63, 3.8) is 0 Å². The standard InChI is InChI=1S/C9H14O/c1-7-3-4-9(6-10)5-8(7)2/h3-4,7,9-10H,2,5-6H2,1H3. The number of hydrogen-bond donors (Lipinski definition) is 1. The van der Waals surface area contributed by atoms with Crippen molar-refractivity contribution >= 4 is 0 Å². The van der Waals surface area contributed by atoms with E-state index in [1.165, 1.54) is 5.57 Å². The van der Waals surface area contributed by atoms with E-state index < -0.39 is 0 Å². The second-order valence-corrected chi connectivity index (χ2v) is 2.98. The average Bonchev–Trinajstić information content (AvgIpc) is 1.95. The Hall–Kier alpha value is -0.560. The molecule has 2 unspecified atom stereocenters. The monoisotopic (exact) mass is 138 g/mol. The van der Waals surface area contributed by atoms with Crippen LogP contribution in [0.25, 0.3) is 0 Å². The van der Waals surface area contributed by atoms with Crippen LogP contribution in [0.15, 0.2) is 24.3 Å². The van der Waals surface area contributed by atoms with E-state index in [4.69, 9.17) is 5.11 Å². The lowest BCUT2D eigenvalue weighted by Gasteiger charge is -2.20. The minimum absolute atomic E-state index is 0.252. The fourth-order valence-electron chi connectivity index (χ4n) is 1.18. The molecule has 1 aliphatic rings. The Morgan fingerprint density at radius 1 is 1.70 bits per heavy atom. The Morgan fingerprint density at radius 2 is 2.40 bits per heavy atom. The Labute approximate surface area is 62.1 Å². The van der Waals surface area contributed by atoms with Crippen molar-refractivity contribution in [1.29, 1.82) is 0 Å². The molecule has 1 heteroatoms. The lowest BCUT2D eigenvalue weighted by atomic mass is 9.86. The molecule has 10 heavy (non-hydrogen) atoms. The first-order valence-electron chi connectivity index (χ1n) is 3.71. The summed E-state index contributed by atoms with van der Waals surface area (Å²) < 4.78 is 0. The zero-order chi connectivity index (χ0) is 7.56. The van der Waals surface area contributed by atoms with E-state index in [-0.39, 0.29) is 6.61 Å². The summed E-state index contributed by atoms with van der Waals surface area (Å²) in [5.41, 5.74) is 1.24. The second-order valence-electron chi connectivity index (χ2n) is 2.98. The molecule has 0 spiro atoms. The van der Waals surface area contributed by atoms with Crippen molar-refractivity contribution in [2.24, 2.45) is 11.8 Å². The van der Waals surface area contributed by atoms with E-state index in [9.17, 15) is 0 Å². The maximum Gasteiger partial charge on any atom is 0.0496 e. The zero-order valence-corrected chi connectivity index (χ0v) is 6.38. The fraction of sp³-hybridized carbons (Fsp3) is 0.556. The van der Waals surface area contributed by atoms with Crippen LogP contribution in [0, 0.1) is 11.8 Å². The van der Waals surface area contributed by atoms with Gasteiger partial charge < -0.3 is 5.11 Å². The minimum Gasteiger partial charge on any atom is -0.396 e. The normalized spacial score (nSPS) is 32.8. The molecule has 1 aliphatic carbocycles. The molecule has 0 aromatic carbocycles. The van der Waals surface area contributed by atoms with Crippen molar-refractivity contribution in [2.45, 2.75) is 13.3 Å². The third kappa shape index (κ3) is 1.48. The van der Waals surface area contributed by atoms with Crippen LogP contribution in [-0.2, 0) is 0 Å². The molecule has 0 aromatic heterocycles. The Bertz CT molecular complexity index is 158. The van der Waals surface area contributed by atoms with E-state index in [1.54, 1.807) is 0 Å². The van der Waals surface area contributed by atoms with Crippen LogP contribution >= 0.6 is 0 Å². The quantitative estimate of drug-likeness (QED) is 0.547. The maximum absolute atomic E-state index is 8.80. The highest BCUT2D eigenvalue weighted by Crippen LogP contribution is 2.25. The Kier molecular flexibility index (Phi) is 2.28. The summed E-state index contributed by atoms with van der Waals surface area (Å²) >= 11 is 0. The summed E-state index contributed by atoms with van der Waals surface area (Å²) in [5, 5.41) is 8.80. The lowest BCUT2D eigenvalue weighted by Crippen LogP contribution is -2.11. The molecule has 2 atom stereocenters. The predicted octanol–water partition coefficient (Wildman–Crippen LogP) is 1.75. The van der Waals surface area contributed by atoms with Gasteiger partial charge in [0.1, 0.15) is 0 Å². The van der Waals surface area contributed by atoms with E-state index in [1.807, 2.05) is 0 Å². The molecule has 1 rings (SSSR count). The zero-order valence-electron chi connectivity index (χ0n) is 6.38. The van der Waals surface area contributed by atoms with Gasteiger partial charge in [0, 0.05) is 12.5 Å². The molecule has 0 aliphatic heterocycles. The van der Waals surface area contributed by atoms with Crippen molar-refractivity contribution in [2.75, 3.05) is 6.61 Å². The van der Waals surface area contributed by atoms with Gasteiger partial charge in [0.2, 0.25) is 0 Å². The second kappa shape index (κ2) is 3.02. The molecule has 1 nitrogen and oxygen atoms in total. The van der Waals surface area contributed by atoms with E-state index in [0.29, 0.717) is 11.8 Å². The summed E-state index contributed by atoms with van der Waals surface area (Å²) in [6.45, 7) is 6.31. The molecular weight excluding hydrogens is 124 g/mol. The van der Waals surface area contributed by atoms with E-state index in [0.717, 1.165) is 6.42 Å². The van der Waals surface area contributed by atoms with Crippen molar-refractivity contribution in [3.05, 3.63) is 24.3 Å². The summed E-state index contributed by atoms with van der Waals surface area (Å²) in [7, 11) is 0. The van der Waals surface area contributed by atoms with Crippen molar-refractivity contribution in [1.82, 2.24) is 0 Å². The average molecular weight is 138 g/mol. The molecule has 56 valence electrons. The number of aliphatic hydroxyl groups is 1. The molecule has 0 saturated heterocycles. The Morgan fingerprint density at radius 3 is 2.90 bits per heavy atom. The van der Waals surface area contributed by atoms with Gasteiger partial charge in [0.25, 0.3) is 0 Å². The topological polar surface area (TPSA) is 20.2 Å². The highest BCUT2D eigenvalue weighted by atomic mass is 16.3. The van der Waals surface area contributed by atoms with Gasteiger partial charge in [-0.05, 0) is 12.3 Å². The van der Waals surface area contributed by atoms with E-state index in [2.05, 4.69) is 25.7 Å². The smallest absolute Gasteiger partial charge is 0.0496 e. The van der Waals surface area contributed by atoms with Crippen LogP contribution in [0.5, 0.6) is 0 Å². The molecule has 0 radical (unpaired) electrons. The van der Waals surface area contributed by atoms with Crippen LogP contribution in [0.1, 0.15) is 13.3 Å². The van der Waals surface area contributed by atoms with E-state index >= 15 is 0 Å². The van der Waals surface area contributed by atoms with Gasteiger partial charge in [-0.15, -0.1) is 0 Å². The van der Waals surface area contributed by atoms with Gasteiger partial charge in [-0.3, -0.25) is 0 Å². The van der Waals surface area contributed by atoms with Crippen LogP contribution in [-0.4, -0.2) is 11.7 Å². The minimum atomic E-state index is 0.252. The fourth-order valence-corrected chi connectivity index (χ4v) is 1.18. The lowest BCUT2D eigenvalue weighted by molar-refractivity contribution is 0.248. The van der Waals surface area contributed by atoms with Crippen LogP contribution in [0.3, 0.4) is 0 Å². The van der Waals surface area contributed by atoms with Crippen molar-refractivity contribution in [3.8, 4) is 0 Å². The van der Waals surface area contributed by atoms with Crippen LogP contribution < -0.4 is 0 Å². The SMILES string of the molecule is C=C1CC(CO)C=CC1C. The summed E-state index contributed by atoms with van der Waals surface area (Å²) in [5.74, 6) is 0.825. The summed E-state index contributed by atoms with van der Waals surface area (Å²) in [6.07, 6.45) is 5.15. The highest BCUT2D eigenvalue weighted by molar-refractivity contribution is 5.15. The first-order valence-corrected chi connectivity index (χ1v) is 3.71. The molecule has 0 fully saturated rings. The molecule has 0 amide bonds. The van der Waals surface area contributed by atoms with Gasteiger partial charge in [-0.1, -0.05) is 31.2 Å². The first kappa shape index (κ1) is 7.55. The van der Waals surface area contributed by atoms with Crippen LogP contribution in [0.4, 0.5) is 0 Å². The van der Waals surface area contributed by atoms with Gasteiger partial charge in [-0.2, -0.15) is 0 Å². The number of rotatable bonds is 1. The Balaban J connectivity index is 2.59.